The number of Topliss-reactive ketones (excluding diaryl/α,β-unsaturated/α-hetero) is 1. The van der Waals surface area contributed by atoms with Gasteiger partial charge in [0.1, 0.15) is 11.5 Å². The van der Waals surface area contributed by atoms with E-state index in [-0.39, 0.29) is 17.4 Å². The van der Waals surface area contributed by atoms with Crippen molar-refractivity contribution in [1.29, 1.82) is 0 Å². The number of carbonyl (C=O) groups excluding carboxylic acids is 2. The fraction of sp³-hybridized carbons (Fsp3) is 0.833. The Balaban J connectivity index is 2.33. The van der Waals surface area contributed by atoms with Crippen molar-refractivity contribution in [2.24, 2.45) is 5.92 Å². The Hall–Kier alpha value is -0.710. The van der Waals surface area contributed by atoms with Crippen LogP contribution < -0.4 is 0 Å². The molecule has 1 rings (SSSR count). The minimum atomic E-state index is -1.07. The van der Waals surface area contributed by atoms with Crippen LogP contribution in [0.2, 0.25) is 0 Å². The number of nitrogens with zero attached hydrogens (tertiary/aromatic N) is 1. The summed E-state index contributed by atoms with van der Waals surface area (Å²) in [4.78, 5) is 24.5. The molecule has 1 heterocycles. The Bertz CT molecular complexity index is 307. The first-order valence-electron chi connectivity index (χ1n) is 6.17. The average molecular weight is 259 g/mol. The smallest absolute Gasteiger partial charge is 0.235 e. The molecule has 0 radical (unpaired) electrons. The summed E-state index contributed by atoms with van der Waals surface area (Å²) < 4.78 is 11.7. The van der Waals surface area contributed by atoms with E-state index in [1.54, 1.807) is 4.90 Å². The van der Waals surface area contributed by atoms with E-state index < -0.39 is 10.8 Å². The monoisotopic (exact) mass is 259 g/mol. The van der Waals surface area contributed by atoms with Crippen molar-refractivity contribution in [3.8, 4) is 0 Å². The molecule has 1 aliphatic rings. The van der Waals surface area contributed by atoms with E-state index in [2.05, 4.69) is 6.92 Å². The van der Waals surface area contributed by atoms with Gasteiger partial charge in [-0.25, -0.2) is 0 Å². The third-order valence-corrected chi connectivity index (χ3v) is 4.64. The van der Waals surface area contributed by atoms with Crippen molar-refractivity contribution >= 4 is 22.5 Å². The Morgan fingerprint density at radius 3 is 2.53 bits per heavy atom. The van der Waals surface area contributed by atoms with Crippen molar-refractivity contribution in [2.75, 3.05) is 24.6 Å². The van der Waals surface area contributed by atoms with Crippen LogP contribution >= 0.6 is 0 Å². The van der Waals surface area contributed by atoms with Gasteiger partial charge in [0.2, 0.25) is 5.91 Å². The van der Waals surface area contributed by atoms with E-state index in [9.17, 15) is 13.8 Å². The van der Waals surface area contributed by atoms with Gasteiger partial charge in [-0.15, -0.1) is 0 Å². The van der Waals surface area contributed by atoms with Crippen LogP contribution in [0.4, 0.5) is 0 Å². The average Bonchev–Trinajstić information content (AvgIpc) is 2.29. The van der Waals surface area contributed by atoms with Gasteiger partial charge in [-0.3, -0.25) is 13.8 Å². The Morgan fingerprint density at radius 2 is 2.00 bits per heavy atom. The molecule has 0 aliphatic carbocycles. The summed E-state index contributed by atoms with van der Waals surface area (Å²) in [6.07, 6.45) is 1.88. The van der Waals surface area contributed by atoms with E-state index in [0.29, 0.717) is 37.6 Å². The highest BCUT2D eigenvalue weighted by atomic mass is 32.2. The van der Waals surface area contributed by atoms with E-state index in [1.807, 2.05) is 6.92 Å². The topological polar surface area (TPSA) is 54.5 Å². The lowest BCUT2D eigenvalue weighted by molar-refractivity contribution is -0.132. The van der Waals surface area contributed by atoms with Gasteiger partial charge in [0.05, 0.1) is 0 Å². The third kappa shape index (κ3) is 4.98. The molecular formula is C12H21NO3S. The fourth-order valence-electron chi connectivity index (χ4n) is 1.73. The predicted octanol–water partition coefficient (Wildman–Crippen LogP) is 0.973. The number of ketones is 1. The lowest BCUT2D eigenvalue weighted by Gasteiger charge is -2.26. The lowest BCUT2D eigenvalue weighted by Crippen LogP contribution is -2.41. The van der Waals surface area contributed by atoms with Crippen molar-refractivity contribution in [3.63, 3.8) is 0 Å². The van der Waals surface area contributed by atoms with Crippen LogP contribution in [-0.4, -0.2) is 45.4 Å². The van der Waals surface area contributed by atoms with Gasteiger partial charge in [0.25, 0.3) is 0 Å². The minimum Gasteiger partial charge on any atom is -0.341 e. The molecule has 2 unspecified atom stereocenters. The highest BCUT2D eigenvalue weighted by molar-refractivity contribution is 7.85. The number of hydrogen-bond acceptors (Lipinski definition) is 3. The second-order valence-electron chi connectivity index (χ2n) is 4.68. The van der Waals surface area contributed by atoms with Gasteiger partial charge >= 0.3 is 0 Å². The second kappa shape index (κ2) is 6.89. The maximum Gasteiger partial charge on any atom is 0.235 e. The Kier molecular flexibility index (Phi) is 5.82. The molecule has 1 fully saturated rings. The summed E-state index contributed by atoms with van der Waals surface area (Å²) in [5.74, 6) is 1.24. The highest BCUT2D eigenvalue weighted by Crippen LogP contribution is 2.08. The number of hydrogen-bond donors (Lipinski definition) is 0. The van der Waals surface area contributed by atoms with Crippen LogP contribution in [0.5, 0.6) is 0 Å². The minimum absolute atomic E-state index is 0.0702. The third-order valence-electron chi connectivity index (χ3n) is 3.13. The maximum absolute atomic E-state index is 11.8. The van der Waals surface area contributed by atoms with Crippen LogP contribution in [0.1, 0.15) is 33.1 Å². The molecular weight excluding hydrogens is 238 g/mol. The van der Waals surface area contributed by atoms with Crippen LogP contribution in [0.3, 0.4) is 0 Å². The summed E-state index contributed by atoms with van der Waals surface area (Å²) >= 11 is 0. The molecule has 0 aromatic carbocycles. The molecule has 4 nitrogen and oxygen atoms in total. The SMILES string of the molecule is CCC(C)CS(=O)CC(=O)N1CCC(=O)CC1. The standard InChI is InChI=1S/C12H21NO3S/c1-3-10(2)8-17(16)9-12(15)13-6-4-11(14)5-7-13/h10H,3-9H2,1-2H3. The first-order valence-corrected chi connectivity index (χ1v) is 7.66. The van der Waals surface area contributed by atoms with Crippen molar-refractivity contribution in [3.05, 3.63) is 0 Å². The molecule has 0 aromatic rings. The molecule has 1 saturated heterocycles. The summed E-state index contributed by atoms with van der Waals surface area (Å²) in [5.41, 5.74) is 0. The quantitative estimate of drug-likeness (QED) is 0.739. The number of amides is 1. The maximum atomic E-state index is 11.8. The van der Waals surface area contributed by atoms with Gasteiger partial charge in [-0.1, -0.05) is 20.3 Å². The van der Waals surface area contributed by atoms with Gasteiger partial charge in [-0.2, -0.15) is 0 Å². The molecule has 0 saturated carbocycles. The van der Waals surface area contributed by atoms with Gasteiger partial charge in [-0.05, 0) is 5.92 Å². The zero-order valence-electron chi connectivity index (χ0n) is 10.6. The van der Waals surface area contributed by atoms with E-state index in [1.165, 1.54) is 0 Å². The number of likely N-dealkylation sites (tertiary alicyclic amines) is 1. The number of piperidine rings is 1. The van der Waals surface area contributed by atoms with E-state index in [0.717, 1.165) is 6.42 Å². The largest absolute Gasteiger partial charge is 0.341 e. The summed E-state index contributed by atoms with van der Waals surface area (Å²) in [5, 5.41) is 0. The first kappa shape index (κ1) is 14.4. The molecule has 1 amide bonds. The normalized spacial score (nSPS) is 20.1. The summed E-state index contributed by atoms with van der Waals surface area (Å²) in [7, 11) is -1.07. The molecule has 2 atom stereocenters. The van der Waals surface area contributed by atoms with Crippen LogP contribution in [0.15, 0.2) is 0 Å². The molecule has 0 N–H and O–H groups in total. The summed E-state index contributed by atoms with van der Waals surface area (Å²) in [6.45, 7) is 5.10. The van der Waals surface area contributed by atoms with E-state index >= 15 is 0 Å². The van der Waals surface area contributed by atoms with Crippen LogP contribution in [-0.2, 0) is 20.4 Å². The fourth-order valence-corrected chi connectivity index (χ4v) is 3.17. The molecule has 98 valence electrons. The van der Waals surface area contributed by atoms with Crippen molar-refractivity contribution in [2.45, 2.75) is 33.1 Å². The van der Waals surface area contributed by atoms with Crippen molar-refractivity contribution in [1.82, 2.24) is 4.90 Å². The lowest BCUT2D eigenvalue weighted by atomic mass is 10.1. The molecule has 17 heavy (non-hydrogen) atoms. The van der Waals surface area contributed by atoms with E-state index in [4.69, 9.17) is 0 Å². The molecule has 5 heteroatoms. The molecule has 0 spiro atoms. The zero-order valence-corrected chi connectivity index (χ0v) is 11.4. The van der Waals surface area contributed by atoms with Gasteiger partial charge < -0.3 is 4.90 Å². The highest BCUT2D eigenvalue weighted by Gasteiger charge is 2.22. The summed E-state index contributed by atoms with van der Waals surface area (Å²) in [6, 6.07) is 0. The number of rotatable bonds is 5. The first-order chi connectivity index (χ1) is 8.02. The molecule has 1 aliphatic heterocycles. The van der Waals surface area contributed by atoms with Crippen LogP contribution in [0, 0.1) is 5.92 Å². The van der Waals surface area contributed by atoms with Crippen molar-refractivity contribution < 1.29 is 13.8 Å². The van der Waals surface area contributed by atoms with Gasteiger partial charge in [0.15, 0.2) is 0 Å². The van der Waals surface area contributed by atoms with Gasteiger partial charge in [0, 0.05) is 42.5 Å². The zero-order chi connectivity index (χ0) is 12.8. The predicted molar refractivity (Wildman–Crippen MR) is 68.2 cm³/mol. The second-order valence-corrected chi connectivity index (χ2v) is 6.19. The molecule has 0 bridgehead atoms. The number of carbonyl (C=O) groups is 2. The molecule has 0 aromatic heterocycles. The Labute approximate surface area is 105 Å². The Morgan fingerprint density at radius 1 is 1.41 bits per heavy atom. The van der Waals surface area contributed by atoms with Crippen LogP contribution in [0.25, 0.3) is 0 Å².